The van der Waals surface area contributed by atoms with E-state index in [0.717, 1.165) is 96.2 Å². The molecule has 3 aliphatic heterocycles. The van der Waals surface area contributed by atoms with Crippen LogP contribution in [0, 0.1) is 54.0 Å². The number of aryl methyl sites for hydroxylation is 1. The number of nitro groups is 3. The average molecular weight is 1800 g/mol. The van der Waals surface area contributed by atoms with Crippen LogP contribution in [-0.2, 0) is 110 Å². The number of amides is 3. The van der Waals surface area contributed by atoms with E-state index in [4.69, 9.17) is 49.5 Å². The Bertz CT molecular complexity index is 6430. The summed E-state index contributed by atoms with van der Waals surface area (Å²) in [7, 11) is 3.88. The van der Waals surface area contributed by atoms with E-state index in [-0.39, 0.29) is 97.6 Å². The van der Waals surface area contributed by atoms with Crippen LogP contribution in [0.25, 0.3) is 76.3 Å². The highest BCUT2D eigenvalue weighted by Gasteiger charge is 2.36. The second kappa shape index (κ2) is 47.0. The van der Waals surface area contributed by atoms with Gasteiger partial charge in [-0.2, -0.15) is 0 Å². The summed E-state index contributed by atoms with van der Waals surface area (Å²) in [5.41, 5.74) is 20.4. The molecule has 2 unspecified atom stereocenters. The first kappa shape index (κ1) is 98.7. The highest BCUT2D eigenvalue weighted by molar-refractivity contribution is 6.13. The van der Waals surface area contributed by atoms with E-state index in [2.05, 4.69) is 50.8 Å². The minimum Gasteiger partial charge on any atom is -0.481 e. The third kappa shape index (κ3) is 25.2. The van der Waals surface area contributed by atoms with Crippen LogP contribution < -0.4 is 21.7 Å². The molecule has 0 aliphatic carbocycles. The van der Waals surface area contributed by atoms with Gasteiger partial charge in [0.05, 0.1) is 97.6 Å². The normalized spacial score (nSPS) is 13.1. The van der Waals surface area contributed by atoms with Crippen molar-refractivity contribution in [3.8, 4) is 0 Å². The fourth-order valence-corrected chi connectivity index (χ4v) is 14.8. The SMILES string of the molecule is CC(=O)O.CCO.CCOC(=O)C(Cc1c[nH]c2cccc(N)c12)C(=O)OCC.CCOC(=O)C(Cc1c[nH]c2cccc([N+](=O)[O-])c12)C(=O)OCC.CCOC(=O)C1Cc2c[nH]c3cccc(c23)NC1=O.CN(C)Cc1c[nH]c2cccc([N+](=O)[O-])c12.O=C(O)C1Cc2c[nH]c3cccc(c23)NC1=O.O=C1CCc2c[nH]c3cccc(c23)N1.O=[N+]([O-])c1cccc2[nH]ccc12. The van der Waals surface area contributed by atoms with Crippen molar-refractivity contribution in [2.45, 2.75) is 93.5 Å². The second-order valence-electron chi connectivity index (χ2n) is 29.4. The predicted octanol–water partition coefficient (Wildman–Crippen LogP) is 14.0. The van der Waals surface area contributed by atoms with Gasteiger partial charge < -0.3 is 100 Å². The number of hydrogen-bond acceptors (Lipinski definition) is 24. The number of aromatic nitrogens is 7. The molecular formula is C92H101N15O24. The van der Waals surface area contributed by atoms with Gasteiger partial charge in [0, 0.05) is 137 Å². The van der Waals surface area contributed by atoms with Crippen molar-refractivity contribution >= 4 is 176 Å². The highest BCUT2D eigenvalue weighted by Crippen LogP contribution is 2.37. The number of aliphatic hydroxyl groups excluding tert-OH is 1. The molecule has 0 saturated heterocycles. The summed E-state index contributed by atoms with van der Waals surface area (Å²) in [6.45, 7) is 13.1. The molecule has 0 spiro atoms. The number of nitrogens with zero attached hydrogens (tertiary/aromatic N) is 4. The van der Waals surface area contributed by atoms with E-state index in [1.165, 1.54) is 29.1 Å². The molecule has 17 rings (SSSR count). The highest BCUT2D eigenvalue weighted by atomic mass is 16.6. The Kier molecular flexibility index (Phi) is 35.4. The lowest BCUT2D eigenvalue weighted by Gasteiger charge is -2.14. The summed E-state index contributed by atoms with van der Waals surface area (Å²) >= 11 is 0. The number of anilines is 4. The third-order valence-corrected chi connectivity index (χ3v) is 20.3. The number of aliphatic hydroxyl groups is 1. The van der Waals surface area contributed by atoms with Crippen LogP contribution in [0.5, 0.6) is 0 Å². The lowest BCUT2D eigenvalue weighted by molar-refractivity contribution is -0.383. The van der Waals surface area contributed by atoms with Gasteiger partial charge in [-0.15, -0.1) is 0 Å². The van der Waals surface area contributed by atoms with Gasteiger partial charge in [-0.25, -0.2) is 0 Å². The van der Waals surface area contributed by atoms with Crippen molar-refractivity contribution in [3.05, 3.63) is 241 Å². The van der Waals surface area contributed by atoms with Crippen LogP contribution >= 0.6 is 0 Å². The maximum atomic E-state index is 12.1. The van der Waals surface area contributed by atoms with Crippen molar-refractivity contribution < 1.29 is 102 Å². The van der Waals surface area contributed by atoms with E-state index in [1.807, 2.05) is 110 Å². The second-order valence-corrected chi connectivity index (χ2v) is 29.4. The smallest absolute Gasteiger partial charge is 0.320 e. The van der Waals surface area contributed by atoms with E-state index in [1.54, 1.807) is 109 Å². The quantitative estimate of drug-likeness (QED) is 0.00841. The van der Waals surface area contributed by atoms with Gasteiger partial charge in [0.1, 0.15) is 11.8 Å². The molecule has 14 aromatic rings. The fraction of sp³-hybridized carbons (Fsp3) is 0.283. The van der Waals surface area contributed by atoms with Crippen LogP contribution in [0.1, 0.15) is 88.3 Å². The van der Waals surface area contributed by atoms with E-state index < -0.39 is 76.3 Å². The molecule has 688 valence electrons. The van der Waals surface area contributed by atoms with Crippen LogP contribution in [0.4, 0.5) is 39.8 Å². The molecule has 3 amide bonds. The number of carboxylic acids is 2. The van der Waals surface area contributed by atoms with Crippen molar-refractivity contribution in [2.75, 3.05) is 75.4 Å². The van der Waals surface area contributed by atoms with Crippen molar-refractivity contribution in [1.82, 2.24) is 39.8 Å². The number of nitrogen functional groups attached to an aromatic ring is 1. The van der Waals surface area contributed by atoms with Crippen LogP contribution in [0.3, 0.4) is 0 Å². The van der Waals surface area contributed by atoms with Crippen molar-refractivity contribution in [3.63, 3.8) is 0 Å². The number of ether oxygens (including phenoxy) is 5. The Balaban J connectivity index is 0.000000171. The number of fused-ring (bicyclic) bond motifs is 4. The molecule has 0 radical (unpaired) electrons. The zero-order valence-corrected chi connectivity index (χ0v) is 73.0. The molecule has 131 heavy (non-hydrogen) atoms. The van der Waals surface area contributed by atoms with Gasteiger partial charge in [0.25, 0.3) is 23.0 Å². The van der Waals surface area contributed by atoms with Gasteiger partial charge in [-0.1, -0.05) is 42.5 Å². The monoisotopic (exact) mass is 1800 g/mol. The first-order chi connectivity index (χ1) is 62.8. The number of esters is 5. The molecule has 7 aromatic heterocycles. The number of nitrogens with one attached hydrogen (secondary N) is 10. The largest absolute Gasteiger partial charge is 0.481 e. The number of aromatic amines is 7. The average Bonchev–Trinajstić information content (AvgIpc) is 1.64. The number of nitro benzene ring substituents is 3. The molecule has 0 fully saturated rings. The molecule has 7 aromatic carbocycles. The number of carboxylic acid groups (broad SMARTS) is 2. The zero-order chi connectivity index (χ0) is 95.3. The minimum atomic E-state index is -1.16. The molecule has 0 bridgehead atoms. The number of non-ortho nitro benzene ring substituents is 3. The third-order valence-electron chi connectivity index (χ3n) is 20.3. The zero-order valence-electron chi connectivity index (χ0n) is 73.0. The van der Waals surface area contributed by atoms with Gasteiger partial charge in [0.2, 0.25) is 17.7 Å². The molecular weight excluding hydrogens is 1700 g/mol. The molecule has 2 atom stereocenters. The summed E-state index contributed by atoms with van der Waals surface area (Å²) in [5, 5.41) is 70.7. The standard InChI is InChI=1S/C16H18N2O6.C16H20N2O4.C14H14N2O3.C12H10N2O3.C11H13N3O2.C11H10N2O.C8H6N2O2.C2H4O2.C2H6O/c1-3-23-15(19)11(16(20)24-4-2)8-10-9-17-12-6-5-7-13(14(10)12)18(21)22;1-3-21-15(19)11(16(20)22-4-2)8-10-9-18-13-7-5-6-12(17)14(10)13;1-2-19-14(18)9-6-8-7-15-10-4-3-5-11(12(8)10)16-13(9)17;15-11-7(12(16)17)4-6-5-13-8-2-1-3-9(14-11)10(6)8;1-13(2)7-8-6-12-9-4-3-5-10(11(8)9)14(15)16;14-10-5-4-7-6-12-8-2-1-3-9(13-10)11(7)8;11-10(12)8-3-1-2-7-6(8)4-5-9-7;1-2(3)4;1-2-3/h5-7,9,11,17H,3-4,8H2,1-2H3;5-7,9,11,18H,3-4,8,17H2,1-2H3;3-5,7,9,15H,2,6H2,1H3,(H,16,17);1-3,5,7,13H,4H2,(H,14,15)(H,16,17);3-6,12H,7H2,1-2H3;1-3,6,12H,4-5H2,(H,13,14);1-5,9H;1H3,(H,3,4);3H,2H2,1H3. The number of nitrogens with two attached hydrogens (primary N) is 1. The van der Waals surface area contributed by atoms with Gasteiger partial charge in [-0.05, 0) is 194 Å². The predicted molar refractivity (Wildman–Crippen MR) is 490 cm³/mol. The van der Waals surface area contributed by atoms with E-state index in [9.17, 15) is 73.5 Å². The number of rotatable bonds is 20. The van der Waals surface area contributed by atoms with Gasteiger partial charge in [0.15, 0.2) is 11.8 Å². The maximum Gasteiger partial charge on any atom is 0.320 e. The molecule has 10 heterocycles. The number of benzene rings is 7. The number of hydrogen-bond donors (Lipinski definition) is 14. The Morgan fingerprint density at radius 1 is 0.435 bits per heavy atom. The van der Waals surface area contributed by atoms with Crippen LogP contribution in [0.2, 0.25) is 0 Å². The van der Waals surface area contributed by atoms with Crippen LogP contribution in [-0.4, -0.2) is 183 Å². The Morgan fingerprint density at radius 3 is 1.21 bits per heavy atom. The molecule has 39 nitrogen and oxygen atoms in total. The molecule has 3 aliphatic rings. The van der Waals surface area contributed by atoms with Crippen molar-refractivity contribution in [2.24, 2.45) is 23.7 Å². The number of carbonyl (C=O) groups excluding carboxylic acids is 8. The lowest BCUT2D eigenvalue weighted by Crippen LogP contribution is -2.31. The molecule has 0 saturated carbocycles. The summed E-state index contributed by atoms with van der Waals surface area (Å²) in [6, 6.07) is 39.0. The van der Waals surface area contributed by atoms with Gasteiger partial charge >= 0.3 is 35.8 Å². The van der Waals surface area contributed by atoms with Crippen molar-refractivity contribution in [1.29, 1.82) is 0 Å². The number of H-pyrrole nitrogens is 7. The topological polar surface area (TPSA) is 583 Å². The Labute approximate surface area is 746 Å². The number of carbonyl (C=O) groups is 10. The summed E-state index contributed by atoms with van der Waals surface area (Å²) in [5.74, 6) is -9.58. The number of aliphatic carboxylic acids is 2. The Morgan fingerprint density at radius 2 is 0.779 bits per heavy atom. The van der Waals surface area contributed by atoms with E-state index >= 15 is 0 Å². The first-order valence-electron chi connectivity index (χ1n) is 41.5. The van der Waals surface area contributed by atoms with Gasteiger partial charge in [-0.3, -0.25) is 78.3 Å². The van der Waals surface area contributed by atoms with E-state index in [0.29, 0.717) is 58.0 Å². The molecule has 39 heteroatoms. The lowest BCUT2D eigenvalue weighted by atomic mass is 9.98. The summed E-state index contributed by atoms with van der Waals surface area (Å²) in [4.78, 5) is 170. The van der Waals surface area contributed by atoms with Crippen LogP contribution in [0.15, 0.2) is 177 Å². The summed E-state index contributed by atoms with van der Waals surface area (Å²) in [6.07, 6.45) is 14.6. The summed E-state index contributed by atoms with van der Waals surface area (Å²) < 4.78 is 24.8. The Hall–Kier alpha value is -16.1. The minimum absolute atomic E-state index is 0.0392. The molecule has 15 N–H and O–H groups in total. The first-order valence-corrected chi connectivity index (χ1v) is 41.5. The fourth-order valence-electron chi connectivity index (χ4n) is 14.8. The maximum absolute atomic E-state index is 12.1.